The van der Waals surface area contributed by atoms with E-state index in [0.29, 0.717) is 18.9 Å². The Labute approximate surface area is 125 Å². The molecule has 21 heavy (non-hydrogen) atoms. The third kappa shape index (κ3) is 5.84. The molecular weight excluding hydrogens is 290 g/mol. The quantitative estimate of drug-likeness (QED) is 0.592. The molecule has 1 saturated carbocycles. The third-order valence-electron chi connectivity index (χ3n) is 3.15. The van der Waals surface area contributed by atoms with Crippen LogP contribution in [-0.2, 0) is 10.0 Å². The number of nitrogens with one attached hydrogen (secondary N) is 2. The van der Waals surface area contributed by atoms with E-state index < -0.39 is 10.0 Å². The maximum Gasteiger partial charge on any atom is 0.209 e. The van der Waals surface area contributed by atoms with Gasteiger partial charge in [-0.25, -0.2) is 23.5 Å². The van der Waals surface area contributed by atoms with E-state index in [4.69, 9.17) is 5.14 Å². The molecule has 0 aliphatic heterocycles. The fourth-order valence-electron chi connectivity index (χ4n) is 1.91. The van der Waals surface area contributed by atoms with Gasteiger partial charge >= 0.3 is 0 Å². The molecule has 1 aliphatic carbocycles. The molecule has 4 N–H and O–H groups in total. The third-order valence-corrected chi connectivity index (χ3v) is 4.01. The van der Waals surface area contributed by atoms with Gasteiger partial charge in [-0.3, -0.25) is 0 Å². The van der Waals surface area contributed by atoms with Crippen LogP contribution in [0.2, 0.25) is 0 Å². The van der Waals surface area contributed by atoms with Crippen LogP contribution in [0.15, 0.2) is 6.07 Å². The lowest BCUT2D eigenvalue weighted by atomic mass is 10.3. The van der Waals surface area contributed by atoms with E-state index in [1.807, 2.05) is 6.07 Å². The molecule has 7 nitrogen and oxygen atoms in total. The van der Waals surface area contributed by atoms with Crippen LogP contribution in [0.1, 0.15) is 44.3 Å². The topological polar surface area (TPSA) is 110 Å². The average Bonchev–Trinajstić information content (AvgIpc) is 3.24. The van der Waals surface area contributed by atoms with Crippen LogP contribution in [0.5, 0.6) is 0 Å². The summed E-state index contributed by atoms with van der Waals surface area (Å²) in [5, 5.41) is 11.4. The smallest absolute Gasteiger partial charge is 0.209 e. The Morgan fingerprint density at radius 1 is 1.24 bits per heavy atom. The number of nitrogens with zero attached hydrogens (tertiary/aromatic N) is 2. The molecule has 1 aliphatic rings. The molecule has 0 unspecified atom stereocenters. The van der Waals surface area contributed by atoms with Gasteiger partial charge in [-0.15, -0.1) is 0 Å². The standard InChI is InChI=1S/C13H23N5O2S/c1-2-6-15-11-9-12(16-7-3-8-21(14,19)20)18-13(17-11)10-4-5-10/h9-10H,2-8H2,1H3,(H2,14,19,20)(H2,15,16,17,18). The van der Waals surface area contributed by atoms with Gasteiger partial charge in [0, 0.05) is 25.1 Å². The van der Waals surface area contributed by atoms with Crippen molar-refractivity contribution in [3.8, 4) is 0 Å². The minimum absolute atomic E-state index is 0.0263. The number of rotatable bonds is 9. The first-order valence-corrected chi connectivity index (χ1v) is 9.06. The van der Waals surface area contributed by atoms with Crippen LogP contribution in [0, 0.1) is 0 Å². The SMILES string of the molecule is CCCNc1cc(NCCCS(N)(=O)=O)nc(C2CC2)n1. The highest BCUT2D eigenvalue weighted by Gasteiger charge is 2.27. The molecular formula is C13H23N5O2S. The summed E-state index contributed by atoms with van der Waals surface area (Å²) in [5.74, 6) is 2.87. The van der Waals surface area contributed by atoms with Gasteiger partial charge < -0.3 is 10.6 Å². The second-order valence-corrected chi connectivity index (χ2v) is 7.08. The van der Waals surface area contributed by atoms with Crippen molar-refractivity contribution in [2.75, 3.05) is 29.5 Å². The fraction of sp³-hybridized carbons (Fsp3) is 0.692. The number of anilines is 2. The number of hydrogen-bond donors (Lipinski definition) is 3. The van der Waals surface area contributed by atoms with Crippen LogP contribution in [0.25, 0.3) is 0 Å². The number of aromatic nitrogens is 2. The number of primary sulfonamides is 1. The Morgan fingerprint density at radius 3 is 2.38 bits per heavy atom. The van der Waals surface area contributed by atoms with Gasteiger partial charge in [0.25, 0.3) is 0 Å². The van der Waals surface area contributed by atoms with E-state index in [9.17, 15) is 8.42 Å². The molecule has 0 bridgehead atoms. The van der Waals surface area contributed by atoms with Crippen LogP contribution in [-0.4, -0.2) is 37.2 Å². The lowest BCUT2D eigenvalue weighted by molar-refractivity contribution is 0.595. The van der Waals surface area contributed by atoms with Crippen LogP contribution in [0.4, 0.5) is 11.6 Å². The molecule has 0 aromatic carbocycles. The van der Waals surface area contributed by atoms with Crippen molar-refractivity contribution in [3.05, 3.63) is 11.9 Å². The summed E-state index contributed by atoms with van der Waals surface area (Å²) in [5.41, 5.74) is 0. The predicted octanol–water partition coefficient (Wildman–Crippen LogP) is 1.27. The van der Waals surface area contributed by atoms with Crippen LogP contribution in [0.3, 0.4) is 0 Å². The van der Waals surface area contributed by atoms with Crippen molar-refractivity contribution < 1.29 is 8.42 Å². The molecule has 1 heterocycles. The molecule has 0 spiro atoms. The van der Waals surface area contributed by atoms with Crippen molar-refractivity contribution in [1.82, 2.24) is 9.97 Å². The zero-order chi connectivity index (χ0) is 15.3. The summed E-state index contributed by atoms with van der Waals surface area (Å²) in [7, 11) is -3.40. The summed E-state index contributed by atoms with van der Waals surface area (Å²) in [6.45, 7) is 3.49. The molecule has 1 aromatic heterocycles. The van der Waals surface area contributed by atoms with Gasteiger partial charge in [-0.1, -0.05) is 6.92 Å². The van der Waals surface area contributed by atoms with E-state index in [2.05, 4.69) is 27.5 Å². The predicted molar refractivity (Wildman–Crippen MR) is 83.9 cm³/mol. The zero-order valence-corrected chi connectivity index (χ0v) is 13.1. The molecule has 2 rings (SSSR count). The van der Waals surface area contributed by atoms with Crippen molar-refractivity contribution in [1.29, 1.82) is 0 Å². The summed E-state index contributed by atoms with van der Waals surface area (Å²) in [6, 6.07) is 1.86. The molecule has 1 fully saturated rings. The molecule has 0 amide bonds. The largest absolute Gasteiger partial charge is 0.370 e. The number of sulfonamides is 1. The van der Waals surface area contributed by atoms with E-state index in [1.165, 1.54) is 0 Å². The highest BCUT2D eigenvalue weighted by Crippen LogP contribution is 2.38. The average molecular weight is 313 g/mol. The van der Waals surface area contributed by atoms with Crippen LogP contribution >= 0.6 is 0 Å². The maximum atomic E-state index is 10.9. The van der Waals surface area contributed by atoms with E-state index in [1.54, 1.807) is 0 Å². The Morgan fingerprint density at radius 2 is 1.86 bits per heavy atom. The number of nitrogens with two attached hydrogens (primary N) is 1. The van der Waals surface area contributed by atoms with Crippen molar-refractivity contribution in [2.45, 2.75) is 38.5 Å². The van der Waals surface area contributed by atoms with Crippen molar-refractivity contribution in [3.63, 3.8) is 0 Å². The Kier molecular flexibility index (Phi) is 5.35. The normalized spacial score (nSPS) is 15.0. The fourth-order valence-corrected chi connectivity index (χ4v) is 2.46. The summed E-state index contributed by atoms with van der Waals surface area (Å²) in [4.78, 5) is 9.02. The molecule has 0 saturated heterocycles. The Bertz CT molecular complexity index is 572. The maximum absolute atomic E-state index is 10.9. The highest BCUT2D eigenvalue weighted by atomic mass is 32.2. The number of hydrogen-bond acceptors (Lipinski definition) is 6. The first-order valence-electron chi connectivity index (χ1n) is 7.35. The van der Waals surface area contributed by atoms with E-state index in [0.717, 1.165) is 43.3 Å². The minimum Gasteiger partial charge on any atom is -0.370 e. The molecule has 0 radical (unpaired) electrons. The summed E-state index contributed by atoms with van der Waals surface area (Å²) >= 11 is 0. The lowest BCUT2D eigenvalue weighted by Crippen LogP contribution is -2.19. The lowest BCUT2D eigenvalue weighted by Gasteiger charge is -2.10. The molecule has 0 atom stereocenters. The van der Waals surface area contributed by atoms with Crippen LogP contribution < -0.4 is 15.8 Å². The molecule has 118 valence electrons. The van der Waals surface area contributed by atoms with Gasteiger partial charge in [-0.2, -0.15) is 0 Å². The highest BCUT2D eigenvalue weighted by molar-refractivity contribution is 7.89. The first kappa shape index (κ1) is 16.0. The molecule has 8 heteroatoms. The van der Waals surface area contributed by atoms with Gasteiger partial charge in [0.1, 0.15) is 17.5 Å². The summed E-state index contributed by atoms with van der Waals surface area (Å²) < 4.78 is 21.8. The first-order chi connectivity index (χ1) is 9.98. The monoisotopic (exact) mass is 313 g/mol. The summed E-state index contributed by atoms with van der Waals surface area (Å²) in [6.07, 6.45) is 3.77. The zero-order valence-electron chi connectivity index (χ0n) is 12.3. The van der Waals surface area contributed by atoms with Crippen molar-refractivity contribution >= 4 is 21.7 Å². The van der Waals surface area contributed by atoms with Crippen molar-refractivity contribution in [2.24, 2.45) is 5.14 Å². The Balaban J connectivity index is 1.95. The van der Waals surface area contributed by atoms with Gasteiger partial charge in [0.15, 0.2) is 0 Å². The minimum atomic E-state index is -3.40. The second-order valence-electron chi connectivity index (χ2n) is 5.34. The second kappa shape index (κ2) is 7.04. The van der Waals surface area contributed by atoms with E-state index >= 15 is 0 Å². The van der Waals surface area contributed by atoms with Gasteiger partial charge in [0.2, 0.25) is 10.0 Å². The van der Waals surface area contributed by atoms with E-state index in [-0.39, 0.29) is 5.75 Å². The molecule has 1 aromatic rings. The van der Waals surface area contributed by atoms with Gasteiger partial charge in [0.05, 0.1) is 5.75 Å². The van der Waals surface area contributed by atoms with Gasteiger partial charge in [-0.05, 0) is 25.7 Å². The Hall–Kier alpha value is -1.41.